The highest BCUT2D eigenvalue weighted by Crippen LogP contribution is 2.54. The Morgan fingerprint density at radius 2 is 1.83 bits per heavy atom. The first-order valence-electron chi connectivity index (χ1n) is 10.1. The highest BCUT2D eigenvalue weighted by atomic mass is 32.2. The third kappa shape index (κ3) is 4.02. The predicted molar refractivity (Wildman–Crippen MR) is 120 cm³/mol. The van der Waals surface area contributed by atoms with Crippen LogP contribution in [0.2, 0.25) is 18.1 Å². The van der Waals surface area contributed by atoms with E-state index in [-0.39, 0.29) is 22.7 Å². The van der Waals surface area contributed by atoms with Gasteiger partial charge in [-0.3, -0.25) is 0 Å². The fourth-order valence-corrected chi connectivity index (χ4v) is 5.62. The van der Waals surface area contributed by atoms with Crippen LogP contribution in [0.25, 0.3) is 0 Å². The molecule has 2 heterocycles. The summed E-state index contributed by atoms with van der Waals surface area (Å²) in [5.74, 6) is 2.66. The minimum atomic E-state index is -2.00. The molecule has 0 aliphatic carbocycles. The summed E-state index contributed by atoms with van der Waals surface area (Å²) in [6.45, 7) is 11.3. The van der Waals surface area contributed by atoms with Crippen molar-refractivity contribution in [2.75, 3.05) is 7.11 Å². The zero-order chi connectivity index (χ0) is 20.8. The molecule has 0 N–H and O–H groups in total. The number of rotatable bonds is 5. The number of thioether (sulfide) groups is 1. The standard InChI is InChI=1S/C23H30O4SSi/c1-23(2,3)29(5,6)27-19-13-15(24-4)12-18-21(19)17-14-20(26-22(17)25-18)28-16-10-8-7-9-11-16/h7-13,17,20,22H,14H2,1-6H3/t17-,20?,22-/m0/s1. The Morgan fingerprint density at radius 3 is 2.48 bits per heavy atom. The number of methoxy groups -OCH3 is 1. The quantitative estimate of drug-likeness (QED) is 0.512. The van der Waals surface area contributed by atoms with Gasteiger partial charge in [-0.2, -0.15) is 0 Å². The predicted octanol–water partition coefficient (Wildman–Crippen LogP) is 6.42. The van der Waals surface area contributed by atoms with E-state index in [0.29, 0.717) is 0 Å². The van der Waals surface area contributed by atoms with Gasteiger partial charge < -0.3 is 18.6 Å². The summed E-state index contributed by atoms with van der Waals surface area (Å²) < 4.78 is 24.7. The van der Waals surface area contributed by atoms with Gasteiger partial charge in [0, 0.05) is 22.6 Å². The van der Waals surface area contributed by atoms with E-state index in [1.54, 1.807) is 18.9 Å². The second-order valence-corrected chi connectivity index (χ2v) is 15.2. The van der Waals surface area contributed by atoms with Crippen LogP contribution in [0, 0.1) is 0 Å². The van der Waals surface area contributed by atoms with Crippen LogP contribution in [0.3, 0.4) is 0 Å². The second kappa shape index (κ2) is 7.56. The van der Waals surface area contributed by atoms with E-state index in [0.717, 1.165) is 29.2 Å². The number of ether oxygens (including phenoxy) is 3. The maximum Gasteiger partial charge on any atom is 0.250 e. The summed E-state index contributed by atoms with van der Waals surface area (Å²) in [5, 5.41) is 0.111. The smallest absolute Gasteiger partial charge is 0.250 e. The molecule has 1 saturated heterocycles. The minimum Gasteiger partial charge on any atom is -0.543 e. The lowest BCUT2D eigenvalue weighted by molar-refractivity contribution is -0.0435. The molecule has 4 nitrogen and oxygen atoms in total. The first-order valence-corrected chi connectivity index (χ1v) is 13.9. The van der Waals surface area contributed by atoms with Crippen molar-refractivity contribution in [1.29, 1.82) is 0 Å². The maximum atomic E-state index is 6.73. The van der Waals surface area contributed by atoms with E-state index in [1.165, 1.54) is 4.90 Å². The SMILES string of the molecule is COc1cc2c(c(O[Si](C)(C)C(C)(C)C)c1)[C@@H]1CC(Sc3ccccc3)O[C@@H]1O2. The maximum absolute atomic E-state index is 6.73. The summed E-state index contributed by atoms with van der Waals surface area (Å²) >= 11 is 1.75. The van der Waals surface area contributed by atoms with Crippen molar-refractivity contribution in [3.05, 3.63) is 48.0 Å². The first kappa shape index (κ1) is 20.6. The highest BCUT2D eigenvalue weighted by molar-refractivity contribution is 7.99. The number of benzene rings is 2. The third-order valence-electron chi connectivity index (χ3n) is 6.17. The molecule has 0 amide bonds. The van der Waals surface area contributed by atoms with Gasteiger partial charge in [-0.25, -0.2) is 0 Å². The number of hydrogen-bond donors (Lipinski definition) is 0. The van der Waals surface area contributed by atoms with E-state index in [2.05, 4.69) is 58.1 Å². The van der Waals surface area contributed by atoms with Crippen molar-refractivity contribution in [1.82, 2.24) is 0 Å². The fraction of sp³-hybridized carbons (Fsp3) is 0.478. The molecule has 3 atom stereocenters. The van der Waals surface area contributed by atoms with Gasteiger partial charge in [0.15, 0.2) is 0 Å². The molecule has 0 aromatic heterocycles. The fourth-order valence-electron chi connectivity index (χ4n) is 3.50. The molecule has 1 unspecified atom stereocenters. The van der Waals surface area contributed by atoms with Gasteiger partial charge in [0.2, 0.25) is 14.6 Å². The van der Waals surface area contributed by atoms with Gasteiger partial charge in [0.05, 0.1) is 13.0 Å². The van der Waals surface area contributed by atoms with Crippen LogP contribution in [0.5, 0.6) is 17.2 Å². The minimum absolute atomic E-state index is 0.0726. The Balaban J connectivity index is 1.62. The molecule has 2 aromatic carbocycles. The largest absolute Gasteiger partial charge is 0.543 e. The van der Waals surface area contributed by atoms with E-state index in [1.807, 2.05) is 18.2 Å². The van der Waals surface area contributed by atoms with Gasteiger partial charge in [0.25, 0.3) is 0 Å². The van der Waals surface area contributed by atoms with Crippen molar-refractivity contribution < 1.29 is 18.6 Å². The molecule has 2 aliphatic heterocycles. The van der Waals surface area contributed by atoms with E-state index < -0.39 is 8.32 Å². The van der Waals surface area contributed by atoms with E-state index >= 15 is 0 Å². The molecule has 2 aromatic rings. The zero-order valence-corrected chi connectivity index (χ0v) is 19.8. The van der Waals surface area contributed by atoms with Crippen LogP contribution >= 0.6 is 11.8 Å². The van der Waals surface area contributed by atoms with Crippen LogP contribution in [0.1, 0.15) is 38.7 Å². The molecule has 0 spiro atoms. The normalized spacial score (nSPS) is 23.3. The molecule has 4 rings (SSSR count). The van der Waals surface area contributed by atoms with Gasteiger partial charge in [0.1, 0.15) is 22.7 Å². The van der Waals surface area contributed by atoms with Gasteiger partial charge in [-0.05, 0) is 36.7 Å². The van der Waals surface area contributed by atoms with Gasteiger partial charge in [-0.1, -0.05) is 50.7 Å². The molecule has 1 fully saturated rings. The van der Waals surface area contributed by atoms with Crippen molar-refractivity contribution in [3.8, 4) is 17.2 Å². The highest BCUT2D eigenvalue weighted by Gasteiger charge is 2.48. The molecule has 0 saturated carbocycles. The Bertz CT molecular complexity index is 878. The Hall–Kier alpha value is -1.63. The number of hydrogen-bond acceptors (Lipinski definition) is 5. The monoisotopic (exact) mass is 430 g/mol. The molecular formula is C23H30O4SSi. The molecule has 6 heteroatoms. The lowest BCUT2D eigenvalue weighted by Gasteiger charge is -2.37. The molecule has 2 aliphatic rings. The second-order valence-electron chi connectivity index (χ2n) is 9.22. The molecule has 156 valence electrons. The molecule has 0 bridgehead atoms. The van der Waals surface area contributed by atoms with Crippen molar-refractivity contribution >= 4 is 20.1 Å². The third-order valence-corrected chi connectivity index (χ3v) is 11.6. The Morgan fingerprint density at radius 1 is 1.10 bits per heavy atom. The van der Waals surface area contributed by atoms with Gasteiger partial charge in [-0.15, -0.1) is 0 Å². The first-order chi connectivity index (χ1) is 13.7. The van der Waals surface area contributed by atoms with Crippen LogP contribution in [0.4, 0.5) is 0 Å². The average molecular weight is 431 g/mol. The lowest BCUT2D eigenvalue weighted by atomic mass is 9.97. The van der Waals surface area contributed by atoms with E-state index in [4.69, 9.17) is 18.6 Å². The molecular weight excluding hydrogens is 400 g/mol. The van der Waals surface area contributed by atoms with Gasteiger partial charge >= 0.3 is 0 Å². The van der Waals surface area contributed by atoms with Crippen molar-refractivity contribution in [2.45, 2.75) is 67.9 Å². The lowest BCUT2D eigenvalue weighted by Crippen LogP contribution is -2.44. The van der Waals surface area contributed by atoms with Crippen molar-refractivity contribution in [2.24, 2.45) is 0 Å². The zero-order valence-electron chi connectivity index (χ0n) is 18.0. The summed E-state index contributed by atoms with van der Waals surface area (Å²) in [7, 11) is -0.326. The van der Waals surface area contributed by atoms with Crippen LogP contribution in [-0.2, 0) is 4.74 Å². The Labute approximate surface area is 179 Å². The molecule has 0 radical (unpaired) electrons. The number of fused-ring (bicyclic) bond motifs is 3. The summed E-state index contributed by atoms with van der Waals surface area (Å²) in [6, 6.07) is 14.4. The van der Waals surface area contributed by atoms with Crippen LogP contribution < -0.4 is 13.9 Å². The Kier molecular flexibility index (Phi) is 5.38. The van der Waals surface area contributed by atoms with Crippen LogP contribution in [-0.4, -0.2) is 27.2 Å². The van der Waals surface area contributed by atoms with Crippen molar-refractivity contribution in [3.63, 3.8) is 0 Å². The summed E-state index contributed by atoms with van der Waals surface area (Å²) in [5.41, 5.74) is 1.21. The topological polar surface area (TPSA) is 36.9 Å². The van der Waals surface area contributed by atoms with Crippen LogP contribution in [0.15, 0.2) is 47.4 Å². The molecule has 29 heavy (non-hydrogen) atoms. The average Bonchev–Trinajstić information content (AvgIpc) is 3.17. The van der Waals surface area contributed by atoms with E-state index in [9.17, 15) is 0 Å². The summed E-state index contributed by atoms with van der Waals surface area (Å²) in [4.78, 5) is 1.21. The summed E-state index contributed by atoms with van der Waals surface area (Å²) in [6.07, 6.45) is 0.636.